The number of methoxy groups -OCH3 is 1. The van der Waals surface area contributed by atoms with Crippen LogP contribution >= 0.6 is 11.3 Å². The molecule has 40 heavy (non-hydrogen) atoms. The highest BCUT2D eigenvalue weighted by Gasteiger charge is 2.34. The number of nitrogens with zero attached hydrogens (tertiary/aromatic N) is 3. The first-order valence-corrected chi connectivity index (χ1v) is 14.5. The molecule has 5 rings (SSSR count). The molecule has 1 fully saturated rings. The van der Waals surface area contributed by atoms with Crippen molar-refractivity contribution in [1.82, 2.24) is 4.57 Å². The molecule has 2 aliphatic heterocycles. The van der Waals surface area contributed by atoms with Crippen LogP contribution in [0.2, 0.25) is 0 Å². The van der Waals surface area contributed by atoms with Crippen LogP contribution in [0.3, 0.4) is 0 Å². The minimum absolute atomic E-state index is 0.205. The van der Waals surface area contributed by atoms with E-state index in [2.05, 4.69) is 16.8 Å². The molecule has 1 atom stereocenters. The second kappa shape index (κ2) is 11.8. The second-order valence-corrected chi connectivity index (χ2v) is 11.0. The van der Waals surface area contributed by atoms with Crippen LogP contribution in [0.4, 0.5) is 5.88 Å². The molecular formula is C30H35N3O6S. The lowest BCUT2D eigenvalue weighted by atomic mass is 9.95. The Balaban J connectivity index is 1.60. The van der Waals surface area contributed by atoms with E-state index >= 15 is 0 Å². The first kappa shape index (κ1) is 27.8. The third-order valence-electron chi connectivity index (χ3n) is 7.30. The van der Waals surface area contributed by atoms with Gasteiger partial charge in [0.1, 0.15) is 5.76 Å². The number of esters is 1. The fourth-order valence-electron chi connectivity index (χ4n) is 5.19. The number of anilines is 1. The maximum atomic E-state index is 13.9. The summed E-state index contributed by atoms with van der Waals surface area (Å²) in [5.41, 5.74) is 1.24. The summed E-state index contributed by atoms with van der Waals surface area (Å²) in [6.07, 6.45) is 4.01. The molecule has 212 valence electrons. The van der Waals surface area contributed by atoms with Crippen molar-refractivity contribution in [3.8, 4) is 11.5 Å². The monoisotopic (exact) mass is 565 g/mol. The molecule has 0 saturated carbocycles. The van der Waals surface area contributed by atoms with E-state index in [1.54, 1.807) is 43.7 Å². The van der Waals surface area contributed by atoms with E-state index in [1.165, 1.54) is 11.3 Å². The normalized spacial score (nSPS) is 18.0. The molecule has 1 aromatic carbocycles. The number of benzene rings is 1. The molecule has 0 unspecified atom stereocenters. The summed E-state index contributed by atoms with van der Waals surface area (Å²) in [6.45, 7) is 10.2. The van der Waals surface area contributed by atoms with E-state index in [4.69, 9.17) is 18.6 Å². The number of thiazole rings is 1. The van der Waals surface area contributed by atoms with Gasteiger partial charge in [0.25, 0.3) is 5.56 Å². The van der Waals surface area contributed by atoms with Crippen LogP contribution < -0.4 is 29.3 Å². The van der Waals surface area contributed by atoms with E-state index in [0.29, 0.717) is 50.0 Å². The van der Waals surface area contributed by atoms with E-state index in [1.807, 2.05) is 25.1 Å². The number of carbonyl (C=O) groups is 1. The van der Waals surface area contributed by atoms with Gasteiger partial charge in [0.05, 0.1) is 42.2 Å². The highest BCUT2D eigenvalue weighted by Crippen LogP contribution is 2.36. The highest BCUT2D eigenvalue weighted by atomic mass is 32.1. The minimum atomic E-state index is -0.745. The molecule has 0 spiro atoms. The maximum absolute atomic E-state index is 13.9. The quantitative estimate of drug-likeness (QED) is 0.381. The van der Waals surface area contributed by atoms with Gasteiger partial charge in [-0.05, 0) is 63.3 Å². The van der Waals surface area contributed by atoms with Crippen LogP contribution in [0.25, 0.3) is 6.08 Å². The van der Waals surface area contributed by atoms with Crippen molar-refractivity contribution in [2.75, 3.05) is 38.3 Å². The van der Waals surface area contributed by atoms with Crippen molar-refractivity contribution in [3.05, 3.63) is 72.6 Å². The third kappa shape index (κ3) is 5.32. The Morgan fingerprint density at radius 3 is 2.62 bits per heavy atom. The van der Waals surface area contributed by atoms with Gasteiger partial charge < -0.3 is 23.5 Å². The molecule has 9 nitrogen and oxygen atoms in total. The number of hydrogen-bond donors (Lipinski definition) is 0. The Labute approximate surface area is 237 Å². The van der Waals surface area contributed by atoms with Crippen LogP contribution in [0, 0.1) is 5.92 Å². The lowest BCUT2D eigenvalue weighted by molar-refractivity contribution is -0.139. The summed E-state index contributed by atoms with van der Waals surface area (Å²) in [4.78, 5) is 34.5. The van der Waals surface area contributed by atoms with Crippen molar-refractivity contribution in [2.24, 2.45) is 10.9 Å². The van der Waals surface area contributed by atoms with Gasteiger partial charge in [-0.1, -0.05) is 24.3 Å². The molecule has 0 radical (unpaired) electrons. The first-order valence-electron chi connectivity index (χ1n) is 13.7. The van der Waals surface area contributed by atoms with Crippen LogP contribution in [-0.4, -0.2) is 43.9 Å². The largest absolute Gasteiger partial charge is 0.493 e. The Hall–Kier alpha value is -3.79. The zero-order chi connectivity index (χ0) is 28.4. The summed E-state index contributed by atoms with van der Waals surface area (Å²) >= 11 is 1.27. The number of carbonyl (C=O) groups excluding carboxylic acids is 1. The first-order chi connectivity index (χ1) is 19.3. The molecule has 10 heteroatoms. The molecule has 1 saturated heterocycles. The molecule has 0 aliphatic carbocycles. The van der Waals surface area contributed by atoms with E-state index in [0.717, 1.165) is 37.7 Å². The van der Waals surface area contributed by atoms with Gasteiger partial charge in [-0.2, -0.15) is 0 Å². The van der Waals surface area contributed by atoms with E-state index in [-0.39, 0.29) is 12.2 Å². The summed E-state index contributed by atoms with van der Waals surface area (Å²) in [5.74, 6) is 2.71. The third-order valence-corrected chi connectivity index (χ3v) is 8.28. The molecule has 2 aromatic heterocycles. The average Bonchev–Trinajstić information content (AvgIpc) is 3.53. The van der Waals surface area contributed by atoms with Crippen molar-refractivity contribution >= 4 is 29.3 Å². The smallest absolute Gasteiger partial charge is 0.338 e. The predicted octanol–water partition coefficient (Wildman–Crippen LogP) is 4.03. The molecular weight excluding hydrogens is 530 g/mol. The van der Waals surface area contributed by atoms with Crippen LogP contribution in [-0.2, 0) is 9.53 Å². The zero-order valence-electron chi connectivity index (χ0n) is 23.6. The van der Waals surface area contributed by atoms with E-state index in [9.17, 15) is 9.59 Å². The van der Waals surface area contributed by atoms with Crippen LogP contribution in [0.1, 0.15) is 57.9 Å². The van der Waals surface area contributed by atoms with Gasteiger partial charge >= 0.3 is 5.97 Å². The Bertz CT molecular complexity index is 1610. The lowest BCUT2D eigenvalue weighted by Gasteiger charge is -2.29. The van der Waals surface area contributed by atoms with E-state index < -0.39 is 12.0 Å². The number of ether oxygens (including phenoxy) is 3. The number of hydrogen-bond acceptors (Lipinski definition) is 9. The summed E-state index contributed by atoms with van der Waals surface area (Å²) in [5, 5.41) is 0. The molecule has 0 N–H and O–H groups in total. The van der Waals surface area contributed by atoms with Gasteiger partial charge in [0.2, 0.25) is 0 Å². The topological polar surface area (TPSA) is 95.5 Å². The average molecular weight is 566 g/mol. The fourth-order valence-corrected chi connectivity index (χ4v) is 6.21. The Morgan fingerprint density at radius 1 is 1.15 bits per heavy atom. The maximum Gasteiger partial charge on any atom is 0.338 e. The number of rotatable bonds is 8. The van der Waals surface area contributed by atoms with Gasteiger partial charge in [-0.25, -0.2) is 9.79 Å². The highest BCUT2D eigenvalue weighted by molar-refractivity contribution is 7.07. The molecule has 0 bridgehead atoms. The van der Waals surface area contributed by atoms with Gasteiger partial charge in [-0.15, -0.1) is 0 Å². The van der Waals surface area contributed by atoms with Crippen LogP contribution in [0.5, 0.6) is 11.5 Å². The summed E-state index contributed by atoms with van der Waals surface area (Å²) < 4.78 is 24.8. The molecule has 0 amide bonds. The number of allylic oxidation sites excluding steroid dienone is 1. The lowest BCUT2D eigenvalue weighted by Crippen LogP contribution is -2.40. The molecule has 4 heterocycles. The number of piperidine rings is 1. The van der Waals surface area contributed by atoms with Crippen LogP contribution in [0.15, 0.2) is 55.8 Å². The van der Waals surface area contributed by atoms with Gasteiger partial charge in [0, 0.05) is 25.2 Å². The number of fused-ring (bicyclic) bond motifs is 1. The zero-order valence-corrected chi connectivity index (χ0v) is 24.4. The molecule has 3 aromatic rings. The Morgan fingerprint density at radius 2 is 1.93 bits per heavy atom. The predicted molar refractivity (Wildman–Crippen MR) is 154 cm³/mol. The number of furan rings is 1. The van der Waals surface area contributed by atoms with Crippen molar-refractivity contribution in [1.29, 1.82) is 0 Å². The SMILES string of the molecule is CCOC(=O)C1=C(C)N=c2s/c(=C/c3ccc(N4CCC(C)CC4)o3)c(=O)n2[C@@H]1c1ccc(OC)c(OCC)c1. The standard InChI is InChI=1S/C30H35N3O6S/c1-6-37-23-16-20(8-10-22(23)36-5)27-26(29(35)38-7-2)19(4)31-30-33(27)28(34)24(40-30)17-21-9-11-25(39-21)32-14-12-18(3)13-15-32/h8-11,16-18,27H,6-7,12-15H2,1-5H3/b24-17+/t27-/m1/s1. The van der Waals surface area contributed by atoms with Crippen molar-refractivity contribution in [2.45, 2.75) is 46.6 Å². The minimum Gasteiger partial charge on any atom is -0.493 e. The van der Waals surface area contributed by atoms with Crippen molar-refractivity contribution in [3.63, 3.8) is 0 Å². The van der Waals surface area contributed by atoms with Crippen molar-refractivity contribution < 1.29 is 23.4 Å². The fraction of sp³-hybridized carbons (Fsp3) is 0.433. The Kier molecular flexibility index (Phi) is 8.16. The summed E-state index contributed by atoms with van der Waals surface area (Å²) in [7, 11) is 1.57. The second-order valence-electron chi connectivity index (χ2n) is 9.99. The summed E-state index contributed by atoms with van der Waals surface area (Å²) in [6, 6.07) is 8.51. The van der Waals surface area contributed by atoms with Gasteiger partial charge in [0.15, 0.2) is 22.2 Å². The number of aromatic nitrogens is 1. The van der Waals surface area contributed by atoms with Gasteiger partial charge in [-0.3, -0.25) is 9.36 Å². The molecule has 2 aliphatic rings.